The van der Waals surface area contributed by atoms with Gasteiger partial charge in [-0.1, -0.05) is 39.7 Å². The molecule has 0 aromatic heterocycles. The predicted molar refractivity (Wildman–Crippen MR) is 108 cm³/mol. The Kier molecular flexibility index (Phi) is 6.41. The Hall–Kier alpha value is -1.52. The molecule has 1 atom stereocenters. The van der Waals surface area contributed by atoms with Crippen LogP contribution < -0.4 is 5.73 Å². The number of piperazine rings is 1. The second-order valence-corrected chi connectivity index (χ2v) is 9.60. The Bertz CT molecular complexity index is 980. The van der Waals surface area contributed by atoms with Gasteiger partial charge in [-0.15, -0.1) is 0 Å². The Labute approximate surface area is 176 Å². The van der Waals surface area contributed by atoms with Crippen LogP contribution in [0.3, 0.4) is 0 Å². The van der Waals surface area contributed by atoms with E-state index in [9.17, 15) is 17.6 Å². The summed E-state index contributed by atoms with van der Waals surface area (Å²) in [6, 6.07) is 9.41. The molecule has 0 radical (unpaired) electrons. The van der Waals surface area contributed by atoms with Gasteiger partial charge in [-0.25, -0.2) is 12.8 Å². The van der Waals surface area contributed by atoms with Crippen molar-refractivity contribution in [3.8, 4) is 0 Å². The maximum atomic E-state index is 13.2. The molecule has 2 N–H and O–H groups in total. The number of hydrogen-bond acceptors (Lipinski definition) is 4. The number of amides is 1. The van der Waals surface area contributed by atoms with Crippen LogP contribution in [0.1, 0.15) is 11.6 Å². The number of nitrogens with two attached hydrogens (primary N) is 1. The Balaban J connectivity index is 1.77. The molecule has 1 aliphatic rings. The maximum absolute atomic E-state index is 13.2. The molecule has 10 heteroatoms. The lowest BCUT2D eigenvalue weighted by atomic mass is 10.0. The van der Waals surface area contributed by atoms with Gasteiger partial charge >= 0.3 is 0 Å². The van der Waals surface area contributed by atoms with E-state index < -0.39 is 27.8 Å². The van der Waals surface area contributed by atoms with Gasteiger partial charge in [0.25, 0.3) is 0 Å². The molecule has 1 unspecified atom stereocenters. The van der Waals surface area contributed by atoms with Gasteiger partial charge < -0.3 is 5.73 Å². The molecular formula is C18H18BrClFN3O3S. The second-order valence-electron chi connectivity index (χ2n) is 6.37. The van der Waals surface area contributed by atoms with Crippen LogP contribution >= 0.6 is 27.5 Å². The van der Waals surface area contributed by atoms with Crippen LogP contribution in [0, 0.1) is 5.82 Å². The van der Waals surface area contributed by atoms with Crippen LogP contribution in [-0.2, 0) is 14.8 Å². The van der Waals surface area contributed by atoms with E-state index in [0.717, 1.165) is 0 Å². The van der Waals surface area contributed by atoms with E-state index >= 15 is 0 Å². The van der Waals surface area contributed by atoms with Crippen LogP contribution in [0.4, 0.5) is 4.39 Å². The summed E-state index contributed by atoms with van der Waals surface area (Å²) in [4.78, 5) is 13.8. The third-order valence-electron chi connectivity index (χ3n) is 4.61. The van der Waals surface area contributed by atoms with Gasteiger partial charge in [0.2, 0.25) is 15.9 Å². The van der Waals surface area contributed by atoms with Gasteiger partial charge in [0.05, 0.1) is 5.02 Å². The molecule has 3 rings (SSSR count). The molecule has 0 bridgehead atoms. The zero-order chi connectivity index (χ0) is 20.5. The molecule has 1 heterocycles. The van der Waals surface area contributed by atoms with Crippen LogP contribution in [0.5, 0.6) is 0 Å². The van der Waals surface area contributed by atoms with Crippen molar-refractivity contribution < 1.29 is 17.6 Å². The SMILES string of the molecule is NC(=O)C(c1ccc(F)cc1)N1CCN(S(=O)(=O)c2ccc(Br)cc2Cl)CC1. The summed E-state index contributed by atoms with van der Waals surface area (Å²) < 4.78 is 41.0. The van der Waals surface area contributed by atoms with Crippen LogP contribution in [-0.4, -0.2) is 49.7 Å². The van der Waals surface area contributed by atoms with E-state index in [2.05, 4.69) is 15.9 Å². The molecule has 1 aliphatic heterocycles. The molecule has 0 saturated carbocycles. The molecule has 1 fully saturated rings. The highest BCUT2D eigenvalue weighted by Gasteiger charge is 2.34. The van der Waals surface area contributed by atoms with Crippen molar-refractivity contribution in [3.63, 3.8) is 0 Å². The topological polar surface area (TPSA) is 83.7 Å². The minimum atomic E-state index is -3.76. The molecule has 6 nitrogen and oxygen atoms in total. The van der Waals surface area contributed by atoms with E-state index in [4.69, 9.17) is 17.3 Å². The van der Waals surface area contributed by atoms with Crippen molar-refractivity contribution in [1.29, 1.82) is 0 Å². The smallest absolute Gasteiger partial charge is 0.244 e. The maximum Gasteiger partial charge on any atom is 0.244 e. The van der Waals surface area contributed by atoms with Gasteiger partial charge in [-0.2, -0.15) is 4.31 Å². The number of primary amides is 1. The number of hydrogen-bond donors (Lipinski definition) is 1. The van der Waals surface area contributed by atoms with Crippen molar-refractivity contribution >= 4 is 43.5 Å². The highest BCUT2D eigenvalue weighted by molar-refractivity contribution is 9.10. The standard InChI is InChI=1S/C18H18BrClFN3O3S/c19-13-3-6-16(15(20)11-13)28(26,27)24-9-7-23(8-10-24)17(18(22)25)12-1-4-14(21)5-2-12/h1-6,11,17H,7-10H2,(H2,22,25). The van der Waals surface area contributed by atoms with Crippen LogP contribution in [0.2, 0.25) is 5.02 Å². The first-order chi connectivity index (χ1) is 13.2. The molecule has 2 aromatic carbocycles. The summed E-state index contributed by atoms with van der Waals surface area (Å²) in [7, 11) is -3.76. The van der Waals surface area contributed by atoms with Crippen molar-refractivity contribution in [1.82, 2.24) is 9.21 Å². The lowest BCUT2D eigenvalue weighted by Crippen LogP contribution is -2.51. The lowest BCUT2D eigenvalue weighted by molar-refractivity contribution is -0.124. The molecule has 0 aliphatic carbocycles. The number of benzene rings is 2. The van der Waals surface area contributed by atoms with E-state index in [1.54, 1.807) is 11.0 Å². The first kappa shape index (κ1) is 21.2. The molecule has 0 spiro atoms. The monoisotopic (exact) mass is 489 g/mol. The quantitative estimate of drug-likeness (QED) is 0.699. The summed E-state index contributed by atoms with van der Waals surface area (Å²) in [5.74, 6) is -0.979. The van der Waals surface area contributed by atoms with Crippen molar-refractivity contribution in [2.75, 3.05) is 26.2 Å². The Morgan fingerprint density at radius 1 is 1.11 bits per heavy atom. The molecule has 150 valence electrons. The molecule has 1 amide bonds. The van der Waals surface area contributed by atoms with Crippen molar-refractivity contribution in [3.05, 3.63) is 63.3 Å². The summed E-state index contributed by atoms with van der Waals surface area (Å²) in [6.45, 7) is 0.968. The van der Waals surface area contributed by atoms with Crippen LogP contribution in [0.25, 0.3) is 0 Å². The van der Waals surface area contributed by atoms with E-state index in [1.165, 1.54) is 40.7 Å². The van der Waals surface area contributed by atoms with Crippen LogP contribution in [0.15, 0.2) is 51.8 Å². The highest BCUT2D eigenvalue weighted by atomic mass is 79.9. The van der Waals surface area contributed by atoms with E-state index in [-0.39, 0.29) is 23.0 Å². The summed E-state index contributed by atoms with van der Waals surface area (Å²) in [5.41, 5.74) is 6.13. The van der Waals surface area contributed by atoms with Gasteiger partial charge in [-0.3, -0.25) is 9.69 Å². The Morgan fingerprint density at radius 2 is 1.71 bits per heavy atom. The zero-order valence-electron chi connectivity index (χ0n) is 14.7. The average molecular weight is 491 g/mol. The number of halogens is 3. The fourth-order valence-corrected chi connectivity index (χ4v) is 5.66. The lowest BCUT2D eigenvalue weighted by Gasteiger charge is -2.37. The van der Waals surface area contributed by atoms with Crippen molar-refractivity contribution in [2.45, 2.75) is 10.9 Å². The molecular weight excluding hydrogens is 473 g/mol. The third-order valence-corrected chi connectivity index (χ3v) is 7.48. The fourth-order valence-electron chi connectivity index (χ4n) is 3.23. The van der Waals surface area contributed by atoms with Gasteiger partial charge in [0.15, 0.2) is 0 Å². The molecule has 1 saturated heterocycles. The largest absolute Gasteiger partial charge is 0.368 e. The second kappa shape index (κ2) is 8.46. The van der Waals surface area contributed by atoms with E-state index in [1.807, 2.05) is 0 Å². The highest BCUT2D eigenvalue weighted by Crippen LogP contribution is 2.29. The minimum absolute atomic E-state index is 0.0378. The predicted octanol–water partition coefficient (Wildman–Crippen LogP) is 2.77. The number of sulfonamides is 1. The average Bonchev–Trinajstić information content (AvgIpc) is 2.63. The van der Waals surface area contributed by atoms with Gasteiger partial charge in [-0.05, 0) is 35.9 Å². The first-order valence-electron chi connectivity index (χ1n) is 8.44. The van der Waals surface area contributed by atoms with Gasteiger partial charge in [0.1, 0.15) is 16.8 Å². The number of carbonyl (C=O) groups excluding carboxylic acids is 1. The Morgan fingerprint density at radius 3 is 2.25 bits per heavy atom. The summed E-state index contributed by atoms with van der Waals surface area (Å²) in [6.07, 6.45) is 0. The number of rotatable bonds is 5. The van der Waals surface area contributed by atoms with Crippen molar-refractivity contribution in [2.24, 2.45) is 5.73 Å². The minimum Gasteiger partial charge on any atom is -0.368 e. The molecule has 28 heavy (non-hydrogen) atoms. The zero-order valence-corrected chi connectivity index (χ0v) is 17.8. The summed E-state index contributed by atoms with van der Waals surface area (Å²) >= 11 is 9.36. The third kappa shape index (κ3) is 4.38. The number of nitrogens with zero attached hydrogens (tertiary/aromatic N) is 2. The summed E-state index contributed by atoms with van der Waals surface area (Å²) in [5, 5.41) is 0.137. The van der Waals surface area contributed by atoms with E-state index in [0.29, 0.717) is 23.1 Å². The first-order valence-corrected chi connectivity index (χ1v) is 11.1. The van der Waals surface area contributed by atoms with Gasteiger partial charge in [0, 0.05) is 30.7 Å². The molecule has 2 aromatic rings. The number of carbonyl (C=O) groups is 1. The fraction of sp³-hybridized carbons (Fsp3) is 0.278. The normalized spacial score (nSPS) is 17.4.